The van der Waals surface area contributed by atoms with E-state index in [9.17, 15) is 4.79 Å². The molecule has 72 valence electrons. The highest BCUT2D eigenvalue weighted by Crippen LogP contribution is 2.20. The van der Waals surface area contributed by atoms with Gasteiger partial charge in [0.05, 0.1) is 0 Å². The molecule has 0 aliphatic heterocycles. The van der Waals surface area contributed by atoms with Crippen LogP contribution in [0.4, 0.5) is 0 Å². The largest absolute Gasteiger partial charge is 0.300 e. The van der Waals surface area contributed by atoms with E-state index >= 15 is 0 Å². The lowest BCUT2D eigenvalue weighted by molar-refractivity contribution is -0.120. The van der Waals surface area contributed by atoms with E-state index in [0.717, 1.165) is 25.7 Å². The van der Waals surface area contributed by atoms with Crippen LogP contribution >= 0.6 is 0 Å². The van der Waals surface area contributed by atoms with Gasteiger partial charge in [0.15, 0.2) is 0 Å². The zero-order valence-corrected chi connectivity index (χ0v) is 8.55. The Labute approximate surface area is 80.5 Å². The molecule has 0 aromatic carbocycles. The molecule has 0 spiro atoms. The lowest BCUT2D eigenvalue weighted by atomic mass is 9.91. The third-order valence-electron chi connectivity index (χ3n) is 2.62. The van der Waals surface area contributed by atoms with Crippen molar-refractivity contribution < 1.29 is 4.79 Å². The molecule has 1 unspecified atom stereocenters. The lowest BCUT2D eigenvalue weighted by Gasteiger charge is -2.13. The molecule has 0 bridgehead atoms. The summed E-state index contributed by atoms with van der Waals surface area (Å²) in [6.45, 7) is 3.78. The minimum absolute atomic E-state index is 0.231. The van der Waals surface area contributed by atoms with Crippen LogP contribution in [0.2, 0.25) is 0 Å². The Morgan fingerprint density at radius 1 is 1.54 bits per heavy atom. The molecule has 0 saturated carbocycles. The zero-order chi connectivity index (χ0) is 9.68. The number of rotatable bonds is 4. The summed E-state index contributed by atoms with van der Waals surface area (Å²) in [5.41, 5.74) is 1.34. The standard InChI is InChI=1S/C12H18O/c1-3-12(10(2)13)9-11-7-5-4-6-8-11/h5,7-8,12H,3-4,6,9H2,1-2H3. The molecule has 0 aromatic rings. The number of ketones is 1. The van der Waals surface area contributed by atoms with Gasteiger partial charge in [0.1, 0.15) is 5.78 Å². The van der Waals surface area contributed by atoms with E-state index in [1.165, 1.54) is 5.57 Å². The van der Waals surface area contributed by atoms with Gasteiger partial charge in [-0.3, -0.25) is 4.79 Å². The molecular weight excluding hydrogens is 160 g/mol. The van der Waals surface area contributed by atoms with Gasteiger partial charge >= 0.3 is 0 Å². The maximum atomic E-state index is 11.2. The molecule has 0 amide bonds. The van der Waals surface area contributed by atoms with E-state index in [1.54, 1.807) is 6.92 Å². The zero-order valence-electron chi connectivity index (χ0n) is 8.55. The Bertz CT molecular complexity index is 236. The highest BCUT2D eigenvalue weighted by Gasteiger charge is 2.13. The van der Waals surface area contributed by atoms with Gasteiger partial charge in [-0.1, -0.05) is 30.7 Å². The predicted octanol–water partition coefficient (Wildman–Crippen LogP) is 3.27. The summed E-state index contributed by atoms with van der Waals surface area (Å²) in [5.74, 6) is 0.552. The quantitative estimate of drug-likeness (QED) is 0.645. The molecule has 13 heavy (non-hydrogen) atoms. The predicted molar refractivity (Wildman–Crippen MR) is 55.5 cm³/mol. The first kappa shape index (κ1) is 10.2. The van der Waals surface area contributed by atoms with Gasteiger partial charge in [-0.2, -0.15) is 0 Å². The molecule has 0 fully saturated rings. The van der Waals surface area contributed by atoms with Crippen LogP contribution in [0.15, 0.2) is 23.8 Å². The summed E-state index contributed by atoms with van der Waals surface area (Å²) in [7, 11) is 0. The monoisotopic (exact) mass is 178 g/mol. The van der Waals surface area contributed by atoms with Crippen molar-refractivity contribution in [2.45, 2.75) is 39.5 Å². The minimum atomic E-state index is 0.231. The van der Waals surface area contributed by atoms with E-state index in [-0.39, 0.29) is 5.92 Å². The molecule has 1 heteroatoms. The van der Waals surface area contributed by atoms with Crippen LogP contribution in [-0.2, 0) is 4.79 Å². The first-order chi connectivity index (χ1) is 6.24. The lowest BCUT2D eigenvalue weighted by Crippen LogP contribution is -2.10. The maximum absolute atomic E-state index is 11.2. The van der Waals surface area contributed by atoms with Gasteiger partial charge in [0, 0.05) is 5.92 Å². The molecule has 1 rings (SSSR count). The van der Waals surface area contributed by atoms with Crippen LogP contribution in [-0.4, -0.2) is 5.78 Å². The average molecular weight is 178 g/mol. The second kappa shape index (κ2) is 5.00. The van der Waals surface area contributed by atoms with E-state index < -0.39 is 0 Å². The summed E-state index contributed by atoms with van der Waals surface area (Å²) in [4.78, 5) is 11.2. The van der Waals surface area contributed by atoms with Crippen LogP contribution in [0.5, 0.6) is 0 Å². The average Bonchev–Trinajstić information content (AvgIpc) is 2.15. The van der Waals surface area contributed by atoms with E-state index in [4.69, 9.17) is 0 Å². The number of hydrogen-bond donors (Lipinski definition) is 0. The topological polar surface area (TPSA) is 17.1 Å². The fourth-order valence-corrected chi connectivity index (χ4v) is 1.68. The molecule has 0 aromatic heterocycles. The van der Waals surface area contributed by atoms with Gasteiger partial charge in [-0.15, -0.1) is 0 Å². The van der Waals surface area contributed by atoms with Crippen LogP contribution < -0.4 is 0 Å². The van der Waals surface area contributed by atoms with Gasteiger partial charge in [-0.25, -0.2) is 0 Å². The fourth-order valence-electron chi connectivity index (χ4n) is 1.68. The Hall–Kier alpha value is -0.850. The molecule has 0 N–H and O–H groups in total. The molecule has 0 saturated heterocycles. The van der Waals surface area contributed by atoms with Crippen molar-refractivity contribution in [1.82, 2.24) is 0 Å². The molecule has 1 atom stereocenters. The fraction of sp³-hybridized carbons (Fsp3) is 0.583. The molecule has 0 radical (unpaired) electrons. The first-order valence-electron chi connectivity index (χ1n) is 5.10. The summed E-state index contributed by atoms with van der Waals surface area (Å²) in [6, 6.07) is 0. The van der Waals surface area contributed by atoms with Crippen LogP contribution in [0, 0.1) is 5.92 Å². The van der Waals surface area contributed by atoms with Gasteiger partial charge in [0.25, 0.3) is 0 Å². The normalized spacial score (nSPS) is 18.2. The molecular formula is C12H18O. The Morgan fingerprint density at radius 2 is 2.31 bits per heavy atom. The summed E-state index contributed by atoms with van der Waals surface area (Å²) >= 11 is 0. The van der Waals surface area contributed by atoms with Gasteiger partial charge in [0.2, 0.25) is 0 Å². The Morgan fingerprint density at radius 3 is 2.77 bits per heavy atom. The summed E-state index contributed by atoms with van der Waals surface area (Å²) in [5, 5.41) is 0. The summed E-state index contributed by atoms with van der Waals surface area (Å²) in [6.07, 6.45) is 10.8. The third-order valence-corrected chi connectivity index (χ3v) is 2.62. The Kier molecular flexibility index (Phi) is 3.94. The maximum Gasteiger partial charge on any atom is 0.133 e. The van der Waals surface area contributed by atoms with E-state index in [2.05, 4.69) is 25.2 Å². The number of hydrogen-bond acceptors (Lipinski definition) is 1. The number of carbonyl (C=O) groups is 1. The molecule has 1 nitrogen and oxygen atoms in total. The van der Waals surface area contributed by atoms with Crippen molar-refractivity contribution >= 4 is 5.78 Å². The Balaban J connectivity index is 2.50. The van der Waals surface area contributed by atoms with Crippen molar-refractivity contribution in [3.63, 3.8) is 0 Å². The van der Waals surface area contributed by atoms with E-state index in [0.29, 0.717) is 5.78 Å². The first-order valence-corrected chi connectivity index (χ1v) is 5.10. The van der Waals surface area contributed by atoms with Crippen molar-refractivity contribution in [1.29, 1.82) is 0 Å². The third kappa shape index (κ3) is 3.17. The van der Waals surface area contributed by atoms with Crippen molar-refractivity contribution in [2.24, 2.45) is 5.92 Å². The second-order valence-electron chi connectivity index (χ2n) is 3.68. The smallest absolute Gasteiger partial charge is 0.133 e. The van der Waals surface area contributed by atoms with Crippen molar-refractivity contribution in [3.8, 4) is 0 Å². The second-order valence-corrected chi connectivity index (χ2v) is 3.68. The highest BCUT2D eigenvalue weighted by molar-refractivity contribution is 5.78. The molecule has 1 aliphatic carbocycles. The number of carbonyl (C=O) groups excluding carboxylic acids is 1. The molecule has 1 aliphatic rings. The van der Waals surface area contributed by atoms with Crippen LogP contribution in [0.1, 0.15) is 39.5 Å². The number of Topliss-reactive ketones (excluding diaryl/α,β-unsaturated/α-hetero) is 1. The number of allylic oxidation sites excluding steroid dienone is 4. The van der Waals surface area contributed by atoms with Gasteiger partial charge < -0.3 is 0 Å². The highest BCUT2D eigenvalue weighted by atomic mass is 16.1. The SMILES string of the molecule is CCC(CC1=CCCC=C1)C(C)=O. The minimum Gasteiger partial charge on any atom is -0.300 e. The van der Waals surface area contributed by atoms with Crippen molar-refractivity contribution in [2.75, 3.05) is 0 Å². The summed E-state index contributed by atoms with van der Waals surface area (Å²) < 4.78 is 0. The van der Waals surface area contributed by atoms with Crippen LogP contribution in [0.25, 0.3) is 0 Å². The van der Waals surface area contributed by atoms with Crippen molar-refractivity contribution in [3.05, 3.63) is 23.8 Å². The van der Waals surface area contributed by atoms with Crippen LogP contribution in [0.3, 0.4) is 0 Å². The van der Waals surface area contributed by atoms with Gasteiger partial charge in [-0.05, 0) is 32.6 Å². The van der Waals surface area contributed by atoms with E-state index in [1.807, 2.05) is 0 Å². The molecule has 0 heterocycles.